The lowest BCUT2D eigenvalue weighted by Crippen LogP contribution is -2.28. The molecule has 0 saturated heterocycles. The summed E-state index contributed by atoms with van der Waals surface area (Å²) < 4.78 is 26.9. The average molecular weight is 395 g/mol. The van der Waals surface area contributed by atoms with E-state index in [1.54, 1.807) is 36.4 Å². The highest BCUT2D eigenvalue weighted by atomic mass is 35.5. The quantitative estimate of drug-likeness (QED) is 0.773. The van der Waals surface area contributed by atoms with Crippen molar-refractivity contribution in [3.05, 3.63) is 59.1 Å². The predicted molar refractivity (Wildman–Crippen MR) is 105 cm³/mol. The van der Waals surface area contributed by atoms with Gasteiger partial charge in [-0.15, -0.1) is 0 Å². The monoisotopic (exact) mass is 394 g/mol. The van der Waals surface area contributed by atoms with Crippen molar-refractivity contribution in [2.45, 2.75) is 25.2 Å². The van der Waals surface area contributed by atoms with E-state index in [1.165, 1.54) is 19.2 Å². The van der Waals surface area contributed by atoms with Crippen LogP contribution in [0.15, 0.2) is 53.4 Å². The van der Waals surface area contributed by atoms with Crippen LogP contribution in [0.25, 0.3) is 0 Å². The molecule has 0 radical (unpaired) electrons. The molecule has 0 aliphatic heterocycles. The van der Waals surface area contributed by atoms with Crippen molar-refractivity contribution >= 4 is 33.2 Å². The van der Waals surface area contributed by atoms with Gasteiger partial charge in [0.25, 0.3) is 15.9 Å². The Hall–Kier alpha value is -2.05. The van der Waals surface area contributed by atoms with Gasteiger partial charge in [0.05, 0.1) is 10.6 Å². The molecule has 7 heteroatoms. The molecule has 0 bridgehead atoms. The Kier molecular flexibility index (Phi) is 6.67. The van der Waals surface area contributed by atoms with Gasteiger partial charge in [0.1, 0.15) is 0 Å². The third kappa shape index (κ3) is 4.99. The summed E-state index contributed by atoms with van der Waals surface area (Å²) >= 11 is 5.95. The van der Waals surface area contributed by atoms with Gasteiger partial charge in [0.2, 0.25) is 0 Å². The lowest BCUT2D eigenvalue weighted by Gasteiger charge is -2.20. The van der Waals surface area contributed by atoms with Crippen LogP contribution in [-0.4, -0.2) is 27.9 Å². The molecule has 0 unspecified atom stereocenters. The summed E-state index contributed by atoms with van der Waals surface area (Å²) in [6.07, 6.45) is 0.862. The van der Waals surface area contributed by atoms with Gasteiger partial charge in [-0.3, -0.25) is 9.10 Å². The fourth-order valence-corrected chi connectivity index (χ4v) is 3.76. The van der Waals surface area contributed by atoms with Crippen LogP contribution >= 0.6 is 11.6 Å². The standard InChI is InChI=1S/C19H23ClN2O3S/c1-14(2)10-11-21-19(23)15-6-4-9-18(12-15)26(24,25)22(3)17-8-5-7-16(20)13-17/h4-9,12-14H,10-11H2,1-3H3,(H,21,23). The smallest absolute Gasteiger partial charge is 0.264 e. The highest BCUT2D eigenvalue weighted by molar-refractivity contribution is 7.92. The van der Waals surface area contributed by atoms with Crippen LogP contribution in [0.1, 0.15) is 30.6 Å². The number of rotatable bonds is 7. The summed E-state index contributed by atoms with van der Waals surface area (Å²) in [6, 6.07) is 12.6. The number of carbonyl (C=O) groups is 1. The first-order valence-corrected chi connectivity index (χ1v) is 10.2. The third-order valence-corrected chi connectivity index (χ3v) is 5.95. The Labute approximate surface area is 160 Å². The number of nitrogens with zero attached hydrogens (tertiary/aromatic N) is 1. The maximum absolute atomic E-state index is 12.9. The molecule has 0 spiro atoms. The Morgan fingerprint density at radius 1 is 1.15 bits per heavy atom. The van der Waals surface area contributed by atoms with Crippen LogP contribution in [0, 0.1) is 5.92 Å². The van der Waals surface area contributed by atoms with E-state index in [1.807, 2.05) is 0 Å². The van der Waals surface area contributed by atoms with Crippen LogP contribution in [0.2, 0.25) is 5.02 Å². The van der Waals surface area contributed by atoms with Gasteiger partial charge in [-0.1, -0.05) is 37.6 Å². The SMILES string of the molecule is CC(C)CCNC(=O)c1cccc(S(=O)(=O)N(C)c2cccc(Cl)c2)c1. The summed E-state index contributed by atoms with van der Waals surface area (Å²) in [6.45, 7) is 4.70. The molecule has 0 aromatic heterocycles. The molecular weight excluding hydrogens is 372 g/mol. The average Bonchev–Trinajstić information content (AvgIpc) is 2.60. The van der Waals surface area contributed by atoms with E-state index in [4.69, 9.17) is 11.6 Å². The molecular formula is C19H23ClN2O3S. The van der Waals surface area contributed by atoms with E-state index < -0.39 is 10.0 Å². The van der Waals surface area contributed by atoms with Crippen LogP contribution in [0.4, 0.5) is 5.69 Å². The first-order valence-electron chi connectivity index (χ1n) is 8.34. The maximum Gasteiger partial charge on any atom is 0.264 e. The number of hydrogen-bond acceptors (Lipinski definition) is 3. The van der Waals surface area contributed by atoms with E-state index in [0.29, 0.717) is 28.7 Å². The van der Waals surface area contributed by atoms with Crippen molar-refractivity contribution < 1.29 is 13.2 Å². The second-order valence-corrected chi connectivity index (χ2v) is 8.82. The molecule has 0 atom stereocenters. The van der Waals surface area contributed by atoms with Crippen LogP contribution < -0.4 is 9.62 Å². The molecule has 1 N–H and O–H groups in total. The number of sulfonamides is 1. The minimum atomic E-state index is -3.80. The molecule has 2 aromatic rings. The van der Waals surface area contributed by atoms with E-state index >= 15 is 0 Å². The van der Waals surface area contributed by atoms with Crippen molar-refractivity contribution in [1.29, 1.82) is 0 Å². The van der Waals surface area contributed by atoms with Gasteiger partial charge < -0.3 is 5.32 Å². The molecule has 26 heavy (non-hydrogen) atoms. The third-order valence-electron chi connectivity index (χ3n) is 3.93. The normalized spacial score (nSPS) is 11.4. The number of nitrogens with one attached hydrogen (secondary N) is 1. The van der Waals surface area contributed by atoms with E-state index in [2.05, 4.69) is 19.2 Å². The first-order chi connectivity index (χ1) is 12.2. The largest absolute Gasteiger partial charge is 0.352 e. The Morgan fingerprint density at radius 3 is 2.50 bits per heavy atom. The lowest BCUT2D eigenvalue weighted by molar-refractivity contribution is 0.0952. The van der Waals surface area contributed by atoms with Crippen molar-refractivity contribution in [3.63, 3.8) is 0 Å². The van der Waals surface area contributed by atoms with Crippen LogP contribution in [0.3, 0.4) is 0 Å². The number of carbonyl (C=O) groups excluding carboxylic acids is 1. The fourth-order valence-electron chi connectivity index (χ4n) is 2.34. The van der Waals surface area contributed by atoms with E-state index in [0.717, 1.165) is 10.7 Å². The summed E-state index contributed by atoms with van der Waals surface area (Å²) in [5, 5.41) is 3.26. The molecule has 2 rings (SSSR count). The summed E-state index contributed by atoms with van der Waals surface area (Å²) in [5.74, 6) is 0.196. The molecule has 140 valence electrons. The Bertz CT molecular complexity index is 882. The topological polar surface area (TPSA) is 66.5 Å². The van der Waals surface area contributed by atoms with Crippen LogP contribution in [0.5, 0.6) is 0 Å². The number of hydrogen-bond donors (Lipinski definition) is 1. The number of amides is 1. The zero-order valence-electron chi connectivity index (χ0n) is 15.1. The van der Waals surface area contributed by atoms with Crippen molar-refractivity contribution in [2.75, 3.05) is 17.9 Å². The van der Waals surface area contributed by atoms with Gasteiger partial charge in [-0.2, -0.15) is 0 Å². The van der Waals surface area contributed by atoms with Gasteiger partial charge >= 0.3 is 0 Å². The molecule has 0 aliphatic rings. The second kappa shape index (κ2) is 8.56. The Balaban J connectivity index is 2.23. The van der Waals surface area contributed by atoms with Gasteiger partial charge in [0.15, 0.2) is 0 Å². The molecule has 0 saturated carbocycles. The minimum Gasteiger partial charge on any atom is -0.352 e. The molecule has 0 heterocycles. The van der Waals surface area contributed by atoms with Crippen molar-refractivity contribution in [1.82, 2.24) is 5.32 Å². The van der Waals surface area contributed by atoms with Crippen LogP contribution in [-0.2, 0) is 10.0 Å². The summed E-state index contributed by atoms with van der Waals surface area (Å²) in [5.41, 5.74) is 0.763. The summed E-state index contributed by atoms with van der Waals surface area (Å²) in [7, 11) is -2.35. The Morgan fingerprint density at radius 2 is 1.85 bits per heavy atom. The predicted octanol–water partition coefficient (Wildman–Crippen LogP) is 3.94. The van der Waals surface area contributed by atoms with Gasteiger partial charge in [-0.05, 0) is 48.7 Å². The minimum absolute atomic E-state index is 0.0523. The van der Waals surface area contributed by atoms with Crippen molar-refractivity contribution in [3.8, 4) is 0 Å². The number of benzene rings is 2. The molecule has 0 fully saturated rings. The zero-order valence-corrected chi connectivity index (χ0v) is 16.6. The zero-order chi connectivity index (χ0) is 19.3. The highest BCUT2D eigenvalue weighted by Gasteiger charge is 2.22. The lowest BCUT2D eigenvalue weighted by atomic mass is 10.1. The van der Waals surface area contributed by atoms with E-state index in [9.17, 15) is 13.2 Å². The maximum atomic E-state index is 12.9. The number of anilines is 1. The molecule has 0 aliphatic carbocycles. The fraction of sp³-hybridized carbons (Fsp3) is 0.316. The molecule has 2 aromatic carbocycles. The highest BCUT2D eigenvalue weighted by Crippen LogP contribution is 2.25. The van der Waals surface area contributed by atoms with E-state index in [-0.39, 0.29) is 10.8 Å². The second-order valence-electron chi connectivity index (χ2n) is 6.42. The summed E-state index contributed by atoms with van der Waals surface area (Å²) in [4.78, 5) is 12.3. The first kappa shape index (κ1) is 20.3. The van der Waals surface area contributed by atoms with Gasteiger partial charge in [-0.25, -0.2) is 8.42 Å². The number of halogens is 1. The molecule has 5 nitrogen and oxygen atoms in total. The molecule has 1 amide bonds. The van der Waals surface area contributed by atoms with Gasteiger partial charge in [0, 0.05) is 24.2 Å². The van der Waals surface area contributed by atoms with Crippen molar-refractivity contribution in [2.24, 2.45) is 5.92 Å².